The third-order valence-corrected chi connectivity index (χ3v) is 6.27. The molecule has 0 heterocycles. The summed E-state index contributed by atoms with van der Waals surface area (Å²) >= 11 is 5.87. The largest absolute Gasteiger partial charge is 0.373 e. The molecule has 0 radical (unpaired) electrons. The molecule has 1 aliphatic rings. The fourth-order valence-corrected chi connectivity index (χ4v) is 4.59. The summed E-state index contributed by atoms with van der Waals surface area (Å²) in [6, 6.07) is 26.2. The third-order valence-electron chi connectivity index (χ3n) is 5.96. The van der Waals surface area contributed by atoms with Crippen LogP contribution in [0.25, 0.3) is 21.5 Å². The maximum Gasteiger partial charge on any atom is 0.0720 e. The summed E-state index contributed by atoms with van der Waals surface area (Å²) in [5.74, 6) is 0.559. The number of fused-ring (bicyclic) bond motifs is 5. The Bertz CT molecular complexity index is 1130. The van der Waals surface area contributed by atoms with Gasteiger partial charge in [0.05, 0.1) is 12.7 Å². The molecule has 1 atom stereocenters. The molecule has 140 valence electrons. The van der Waals surface area contributed by atoms with E-state index in [2.05, 4.69) is 72.8 Å². The SMILES string of the molecule is ClCc1ccc(COC2CCc3c(ccc4c3ccc3ccccc34)C2)cc1. The van der Waals surface area contributed by atoms with Gasteiger partial charge in [0.15, 0.2) is 0 Å². The van der Waals surface area contributed by atoms with E-state index in [1.807, 2.05) is 0 Å². The van der Waals surface area contributed by atoms with Gasteiger partial charge in [0.2, 0.25) is 0 Å². The highest BCUT2D eigenvalue weighted by Crippen LogP contribution is 2.34. The van der Waals surface area contributed by atoms with Crippen LogP contribution in [0.2, 0.25) is 0 Å². The molecule has 0 bridgehead atoms. The fraction of sp³-hybridized carbons (Fsp3) is 0.231. The smallest absolute Gasteiger partial charge is 0.0720 e. The average molecular weight is 387 g/mol. The molecule has 0 spiro atoms. The molecular weight excluding hydrogens is 364 g/mol. The van der Waals surface area contributed by atoms with Crippen molar-refractivity contribution >= 4 is 33.1 Å². The van der Waals surface area contributed by atoms with Crippen LogP contribution in [0.3, 0.4) is 0 Å². The van der Waals surface area contributed by atoms with Gasteiger partial charge < -0.3 is 4.74 Å². The quantitative estimate of drug-likeness (QED) is 0.276. The first kappa shape index (κ1) is 17.7. The molecular formula is C26H23ClO. The monoisotopic (exact) mass is 386 g/mol. The summed E-state index contributed by atoms with van der Waals surface area (Å²) in [5, 5.41) is 5.44. The second-order valence-electron chi connectivity index (χ2n) is 7.71. The second-order valence-corrected chi connectivity index (χ2v) is 7.98. The van der Waals surface area contributed by atoms with Gasteiger partial charge in [-0.3, -0.25) is 0 Å². The predicted octanol–water partition coefficient (Wildman–Crippen LogP) is 6.81. The van der Waals surface area contributed by atoms with Crippen LogP contribution in [0.1, 0.15) is 28.7 Å². The highest BCUT2D eigenvalue weighted by atomic mass is 35.5. The standard InChI is InChI=1S/C26H23ClO/c27-16-18-5-7-19(8-6-18)17-28-22-11-14-24-21(15-22)10-13-25-23-4-2-1-3-20(23)9-12-26(24)25/h1-10,12-13,22H,11,14-17H2. The van der Waals surface area contributed by atoms with E-state index in [4.69, 9.17) is 16.3 Å². The maximum atomic E-state index is 6.25. The molecule has 0 amide bonds. The Morgan fingerprint density at radius 1 is 0.786 bits per heavy atom. The van der Waals surface area contributed by atoms with E-state index in [1.54, 1.807) is 0 Å². The molecule has 4 aromatic carbocycles. The molecule has 1 unspecified atom stereocenters. The van der Waals surface area contributed by atoms with Gasteiger partial charge in [0.25, 0.3) is 0 Å². The Labute approximate surface area is 170 Å². The zero-order valence-electron chi connectivity index (χ0n) is 15.8. The fourth-order valence-electron chi connectivity index (χ4n) is 4.42. The van der Waals surface area contributed by atoms with Crippen LogP contribution in [-0.2, 0) is 30.1 Å². The molecule has 0 aliphatic heterocycles. The molecule has 1 aliphatic carbocycles. The summed E-state index contributed by atoms with van der Waals surface area (Å²) in [4.78, 5) is 0. The van der Waals surface area contributed by atoms with E-state index in [-0.39, 0.29) is 6.10 Å². The molecule has 0 aromatic heterocycles. The van der Waals surface area contributed by atoms with Crippen LogP contribution >= 0.6 is 11.6 Å². The molecule has 2 heteroatoms. The first-order chi connectivity index (χ1) is 13.8. The Balaban J connectivity index is 1.36. The van der Waals surface area contributed by atoms with E-state index in [0.29, 0.717) is 12.5 Å². The molecule has 5 rings (SSSR count). The summed E-state index contributed by atoms with van der Waals surface area (Å²) in [6.45, 7) is 0.667. The van der Waals surface area contributed by atoms with Gasteiger partial charge in [0.1, 0.15) is 0 Å². The maximum absolute atomic E-state index is 6.25. The van der Waals surface area contributed by atoms with Gasteiger partial charge in [-0.15, -0.1) is 11.6 Å². The van der Waals surface area contributed by atoms with Crippen molar-refractivity contribution in [3.63, 3.8) is 0 Å². The Hall–Kier alpha value is -2.35. The number of halogens is 1. The van der Waals surface area contributed by atoms with Crippen LogP contribution in [0.15, 0.2) is 72.8 Å². The number of hydrogen-bond donors (Lipinski definition) is 0. The molecule has 1 nitrogen and oxygen atoms in total. The Morgan fingerprint density at radius 3 is 2.43 bits per heavy atom. The summed E-state index contributed by atoms with van der Waals surface area (Å²) in [6.07, 6.45) is 3.45. The van der Waals surface area contributed by atoms with Crippen LogP contribution in [0, 0.1) is 0 Å². The van der Waals surface area contributed by atoms with Crippen LogP contribution in [-0.4, -0.2) is 6.10 Å². The van der Waals surface area contributed by atoms with Crippen LogP contribution in [0.4, 0.5) is 0 Å². The van der Waals surface area contributed by atoms with Gasteiger partial charge in [-0.1, -0.05) is 72.8 Å². The van der Waals surface area contributed by atoms with Crippen molar-refractivity contribution in [3.8, 4) is 0 Å². The minimum absolute atomic E-state index is 0.290. The number of aryl methyl sites for hydroxylation is 1. The van der Waals surface area contributed by atoms with Gasteiger partial charge in [0, 0.05) is 5.88 Å². The number of alkyl halides is 1. The van der Waals surface area contributed by atoms with Crippen molar-refractivity contribution in [2.75, 3.05) is 0 Å². The minimum Gasteiger partial charge on any atom is -0.373 e. The first-order valence-corrected chi connectivity index (χ1v) is 10.5. The van der Waals surface area contributed by atoms with Crippen molar-refractivity contribution < 1.29 is 4.74 Å². The second kappa shape index (κ2) is 7.58. The lowest BCUT2D eigenvalue weighted by atomic mass is 9.85. The van der Waals surface area contributed by atoms with E-state index in [9.17, 15) is 0 Å². The van der Waals surface area contributed by atoms with Crippen molar-refractivity contribution in [2.24, 2.45) is 0 Å². The number of benzene rings is 4. The summed E-state index contributed by atoms with van der Waals surface area (Å²) in [7, 11) is 0. The van der Waals surface area contributed by atoms with Crippen molar-refractivity contribution in [2.45, 2.75) is 37.9 Å². The van der Waals surface area contributed by atoms with Crippen LogP contribution < -0.4 is 0 Å². The lowest BCUT2D eigenvalue weighted by Crippen LogP contribution is -2.22. The average Bonchev–Trinajstić information content (AvgIpc) is 2.77. The summed E-state index contributed by atoms with van der Waals surface area (Å²) in [5.41, 5.74) is 5.31. The van der Waals surface area contributed by atoms with Gasteiger partial charge in [-0.05, 0) is 63.1 Å². The Kier molecular flexibility index (Phi) is 4.80. The lowest BCUT2D eigenvalue weighted by molar-refractivity contribution is 0.0321. The highest BCUT2D eigenvalue weighted by molar-refractivity contribution is 6.17. The predicted molar refractivity (Wildman–Crippen MR) is 118 cm³/mol. The third kappa shape index (κ3) is 3.30. The topological polar surface area (TPSA) is 9.23 Å². The van der Waals surface area contributed by atoms with E-state index >= 15 is 0 Å². The van der Waals surface area contributed by atoms with E-state index < -0.39 is 0 Å². The molecule has 0 fully saturated rings. The van der Waals surface area contributed by atoms with E-state index in [1.165, 1.54) is 38.2 Å². The Morgan fingerprint density at radius 2 is 1.57 bits per heavy atom. The van der Waals surface area contributed by atoms with Crippen LogP contribution in [0.5, 0.6) is 0 Å². The molecule has 4 aromatic rings. The van der Waals surface area contributed by atoms with Crippen molar-refractivity contribution in [3.05, 3.63) is 95.1 Å². The molecule has 0 saturated carbocycles. The normalized spacial score (nSPS) is 16.4. The zero-order valence-corrected chi connectivity index (χ0v) is 16.6. The van der Waals surface area contributed by atoms with Crippen molar-refractivity contribution in [1.29, 1.82) is 0 Å². The number of hydrogen-bond acceptors (Lipinski definition) is 1. The zero-order chi connectivity index (χ0) is 18.9. The summed E-state index contributed by atoms with van der Waals surface area (Å²) < 4.78 is 6.25. The minimum atomic E-state index is 0.290. The lowest BCUT2D eigenvalue weighted by Gasteiger charge is -2.26. The highest BCUT2D eigenvalue weighted by Gasteiger charge is 2.21. The van der Waals surface area contributed by atoms with Gasteiger partial charge in [-0.2, -0.15) is 0 Å². The molecule has 0 N–H and O–H groups in total. The number of ether oxygens (including phenoxy) is 1. The number of rotatable bonds is 4. The first-order valence-electron chi connectivity index (χ1n) is 9.99. The van der Waals surface area contributed by atoms with Gasteiger partial charge in [-0.25, -0.2) is 0 Å². The molecule has 0 saturated heterocycles. The van der Waals surface area contributed by atoms with E-state index in [0.717, 1.165) is 24.8 Å². The van der Waals surface area contributed by atoms with Gasteiger partial charge >= 0.3 is 0 Å². The molecule has 28 heavy (non-hydrogen) atoms. The van der Waals surface area contributed by atoms with Crippen molar-refractivity contribution in [1.82, 2.24) is 0 Å².